The van der Waals surface area contributed by atoms with Gasteiger partial charge in [-0.3, -0.25) is 0 Å². The molecule has 2 aliphatic carbocycles. The second-order valence-corrected chi connectivity index (χ2v) is 11.8. The standard InChI is InChI=1S/C32H48F2O6/c1-5-21(3)29(33)31(35)39-27-11-7-23(8-12-27)19-37-25-15-17-26(18-16-25)38-20-24-9-13-28(14-10-24)40-32(36)30(34)22(4)6-2/h15-18,21-24,27-30H,5-14,19-20H2,1-4H3/t21-,22-,23-,24-,27-,28-,29-,30-/m0/s1. The highest BCUT2D eigenvalue weighted by molar-refractivity contribution is 5.75. The number of halogens is 2. The third-order valence-corrected chi connectivity index (χ3v) is 8.69. The summed E-state index contributed by atoms with van der Waals surface area (Å²) in [5.74, 6) is 0.222. The fourth-order valence-electron chi connectivity index (χ4n) is 5.23. The maximum atomic E-state index is 14.1. The summed E-state index contributed by atoms with van der Waals surface area (Å²) in [5.41, 5.74) is 0. The van der Waals surface area contributed by atoms with Gasteiger partial charge in [-0.05, 0) is 99.3 Å². The first-order chi connectivity index (χ1) is 19.2. The number of hydrogen-bond donors (Lipinski definition) is 0. The minimum Gasteiger partial charge on any atom is -0.493 e. The molecule has 0 heterocycles. The largest absolute Gasteiger partial charge is 0.493 e. The molecule has 0 saturated heterocycles. The van der Waals surface area contributed by atoms with Gasteiger partial charge in [0.25, 0.3) is 0 Å². The Labute approximate surface area is 238 Å². The highest BCUT2D eigenvalue weighted by atomic mass is 19.1. The van der Waals surface area contributed by atoms with Crippen molar-refractivity contribution in [1.29, 1.82) is 0 Å². The lowest BCUT2D eigenvalue weighted by atomic mass is 9.88. The zero-order valence-electron chi connectivity index (χ0n) is 24.6. The molecule has 0 aliphatic heterocycles. The Morgan fingerprint density at radius 3 is 1.30 bits per heavy atom. The van der Waals surface area contributed by atoms with Gasteiger partial charge in [0.2, 0.25) is 0 Å². The molecule has 4 atom stereocenters. The van der Waals surface area contributed by atoms with Crippen molar-refractivity contribution >= 4 is 11.9 Å². The molecular weight excluding hydrogens is 518 g/mol. The van der Waals surface area contributed by atoms with Gasteiger partial charge in [-0.1, -0.05) is 40.5 Å². The van der Waals surface area contributed by atoms with Crippen LogP contribution in [0.4, 0.5) is 8.78 Å². The van der Waals surface area contributed by atoms with Crippen LogP contribution in [0, 0.1) is 23.7 Å². The van der Waals surface area contributed by atoms with E-state index in [-0.39, 0.29) is 24.0 Å². The molecule has 0 amide bonds. The van der Waals surface area contributed by atoms with Crippen LogP contribution in [0.25, 0.3) is 0 Å². The normalized spacial score (nSPS) is 26.1. The van der Waals surface area contributed by atoms with Crippen molar-refractivity contribution < 1.29 is 37.3 Å². The lowest BCUT2D eigenvalue weighted by Gasteiger charge is -2.29. The van der Waals surface area contributed by atoms with E-state index in [1.54, 1.807) is 13.8 Å². The number of esters is 2. The van der Waals surface area contributed by atoms with Crippen LogP contribution in [0.1, 0.15) is 91.9 Å². The van der Waals surface area contributed by atoms with Gasteiger partial charge < -0.3 is 18.9 Å². The first-order valence-electron chi connectivity index (χ1n) is 15.2. The molecule has 1 aromatic carbocycles. The van der Waals surface area contributed by atoms with E-state index in [1.165, 1.54) is 0 Å². The van der Waals surface area contributed by atoms with E-state index in [0.717, 1.165) is 62.9 Å². The van der Waals surface area contributed by atoms with Gasteiger partial charge in [-0.25, -0.2) is 18.4 Å². The van der Waals surface area contributed by atoms with Gasteiger partial charge in [0, 0.05) is 0 Å². The summed E-state index contributed by atoms with van der Waals surface area (Å²) in [6.45, 7) is 8.37. The summed E-state index contributed by atoms with van der Waals surface area (Å²) in [5, 5.41) is 0. The molecule has 40 heavy (non-hydrogen) atoms. The molecule has 1 aromatic rings. The number of carbonyl (C=O) groups is 2. The van der Waals surface area contributed by atoms with Crippen molar-refractivity contribution in [1.82, 2.24) is 0 Å². The molecule has 3 rings (SSSR count). The SMILES string of the molecule is CC[C@H](C)[C@H](F)C(=O)O[C@H]1CC[C@H](COc2ccc(OC[C@H]3CC[C@H](OC(=O)[C@@H](F)[C@@H](C)CC)CC3)cc2)CC1. The Kier molecular flexibility index (Phi) is 13.0. The van der Waals surface area contributed by atoms with Crippen LogP contribution >= 0.6 is 0 Å². The lowest BCUT2D eigenvalue weighted by molar-refractivity contribution is -0.160. The van der Waals surface area contributed by atoms with Gasteiger partial charge in [-0.15, -0.1) is 0 Å². The number of hydrogen-bond acceptors (Lipinski definition) is 6. The molecule has 0 radical (unpaired) electrons. The number of benzene rings is 1. The minimum atomic E-state index is -1.55. The molecule has 226 valence electrons. The maximum absolute atomic E-state index is 14.1. The van der Waals surface area contributed by atoms with E-state index in [2.05, 4.69) is 0 Å². The molecule has 0 spiro atoms. The molecule has 0 unspecified atom stereocenters. The summed E-state index contributed by atoms with van der Waals surface area (Å²) in [6.07, 6.45) is 4.18. The Bertz CT molecular complexity index is 820. The first-order valence-corrected chi connectivity index (χ1v) is 15.2. The molecular formula is C32H48F2O6. The molecule has 0 aromatic heterocycles. The predicted molar refractivity (Wildman–Crippen MR) is 150 cm³/mol. The molecule has 2 saturated carbocycles. The number of carbonyl (C=O) groups excluding carboxylic acids is 2. The van der Waals surface area contributed by atoms with Crippen molar-refractivity contribution in [2.75, 3.05) is 13.2 Å². The minimum absolute atomic E-state index is 0.204. The molecule has 2 aliphatic rings. The van der Waals surface area contributed by atoms with E-state index in [9.17, 15) is 18.4 Å². The average Bonchev–Trinajstić information content (AvgIpc) is 2.99. The Morgan fingerprint density at radius 1 is 0.675 bits per heavy atom. The zero-order chi connectivity index (χ0) is 29.1. The van der Waals surface area contributed by atoms with E-state index >= 15 is 0 Å². The smallest absolute Gasteiger partial charge is 0.341 e. The number of alkyl halides is 2. The monoisotopic (exact) mass is 566 g/mol. The average molecular weight is 567 g/mol. The Morgan fingerprint density at radius 2 is 1.00 bits per heavy atom. The third kappa shape index (κ3) is 9.91. The van der Waals surface area contributed by atoms with E-state index in [0.29, 0.717) is 37.9 Å². The van der Waals surface area contributed by atoms with Crippen molar-refractivity contribution in [3.8, 4) is 11.5 Å². The van der Waals surface area contributed by atoms with Crippen LogP contribution in [0.5, 0.6) is 11.5 Å². The number of rotatable bonds is 14. The third-order valence-electron chi connectivity index (χ3n) is 8.69. The Hall–Kier alpha value is -2.38. The predicted octanol–water partition coefficient (Wildman–Crippen LogP) is 7.42. The first kappa shape index (κ1) is 32.1. The fourth-order valence-corrected chi connectivity index (χ4v) is 5.23. The van der Waals surface area contributed by atoms with Crippen LogP contribution < -0.4 is 9.47 Å². The highest BCUT2D eigenvalue weighted by Crippen LogP contribution is 2.30. The summed E-state index contributed by atoms with van der Waals surface area (Å²) in [6, 6.07) is 7.61. The van der Waals surface area contributed by atoms with Gasteiger partial charge in [0.05, 0.1) is 13.2 Å². The van der Waals surface area contributed by atoms with Crippen molar-refractivity contribution in [2.45, 2.75) is 116 Å². The number of ether oxygens (including phenoxy) is 4. The lowest BCUT2D eigenvalue weighted by Crippen LogP contribution is -2.32. The molecule has 8 heteroatoms. The van der Waals surface area contributed by atoms with Crippen LogP contribution in [-0.4, -0.2) is 49.7 Å². The van der Waals surface area contributed by atoms with Crippen LogP contribution in [0.15, 0.2) is 24.3 Å². The van der Waals surface area contributed by atoms with Crippen LogP contribution in [0.2, 0.25) is 0 Å². The van der Waals surface area contributed by atoms with E-state index in [4.69, 9.17) is 18.9 Å². The van der Waals surface area contributed by atoms with Crippen molar-refractivity contribution in [2.24, 2.45) is 23.7 Å². The molecule has 2 fully saturated rings. The van der Waals surface area contributed by atoms with Gasteiger partial charge >= 0.3 is 11.9 Å². The molecule has 6 nitrogen and oxygen atoms in total. The van der Waals surface area contributed by atoms with Crippen LogP contribution in [-0.2, 0) is 19.1 Å². The fraction of sp³-hybridized carbons (Fsp3) is 0.750. The van der Waals surface area contributed by atoms with Crippen molar-refractivity contribution in [3.05, 3.63) is 24.3 Å². The van der Waals surface area contributed by atoms with Gasteiger partial charge in [0.1, 0.15) is 23.7 Å². The van der Waals surface area contributed by atoms with Crippen molar-refractivity contribution in [3.63, 3.8) is 0 Å². The second-order valence-electron chi connectivity index (χ2n) is 11.8. The zero-order valence-corrected chi connectivity index (χ0v) is 24.6. The highest BCUT2D eigenvalue weighted by Gasteiger charge is 2.31. The van der Waals surface area contributed by atoms with E-state index in [1.807, 2.05) is 38.1 Å². The summed E-state index contributed by atoms with van der Waals surface area (Å²) in [7, 11) is 0. The summed E-state index contributed by atoms with van der Waals surface area (Å²) in [4.78, 5) is 24.0. The Balaban J connectivity index is 1.29. The van der Waals surface area contributed by atoms with E-state index < -0.39 is 24.3 Å². The van der Waals surface area contributed by atoms with Crippen LogP contribution in [0.3, 0.4) is 0 Å². The summed E-state index contributed by atoms with van der Waals surface area (Å²) < 4.78 is 50.9. The molecule has 0 N–H and O–H groups in total. The van der Waals surface area contributed by atoms with Gasteiger partial charge in [0.15, 0.2) is 12.3 Å². The topological polar surface area (TPSA) is 71.1 Å². The summed E-state index contributed by atoms with van der Waals surface area (Å²) >= 11 is 0. The molecule has 0 bridgehead atoms. The van der Waals surface area contributed by atoms with Gasteiger partial charge in [-0.2, -0.15) is 0 Å². The quantitative estimate of drug-likeness (QED) is 0.218. The maximum Gasteiger partial charge on any atom is 0.341 e. The second kappa shape index (κ2) is 16.2.